The Morgan fingerprint density at radius 3 is 2.78 bits per heavy atom. The van der Waals surface area contributed by atoms with Gasteiger partial charge in [0.05, 0.1) is 0 Å². The summed E-state index contributed by atoms with van der Waals surface area (Å²) < 4.78 is 5.41. The highest BCUT2D eigenvalue weighted by Crippen LogP contribution is 2.87. The summed E-state index contributed by atoms with van der Waals surface area (Å²) >= 11 is 0. The standard InChI is InChI=1S/C15H16O3/c1-8-9-6-15-5-4-11(16)14(15,3)13(15,2)7-10(9)18-12(8)17/h4-5,9-10H,1,6-7H2,2-3H3. The SMILES string of the molecule is C=C1C(=O)OC2CC3(C)C4(C=CC(=O)C34C)CC12. The molecule has 3 heteroatoms. The summed E-state index contributed by atoms with van der Waals surface area (Å²) in [6.07, 6.45) is 5.36. The molecule has 3 fully saturated rings. The van der Waals surface area contributed by atoms with Crippen LogP contribution in [-0.4, -0.2) is 17.9 Å². The van der Waals surface area contributed by atoms with Crippen molar-refractivity contribution in [2.45, 2.75) is 32.8 Å². The van der Waals surface area contributed by atoms with Gasteiger partial charge in [0.2, 0.25) is 0 Å². The Labute approximate surface area is 106 Å². The van der Waals surface area contributed by atoms with Gasteiger partial charge in [-0.05, 0) is 24.3 Å². The third-order valence-corrected chi connectivity index (χ3v) is 6.50. The summed E-state index contributed by atoms with van der Waals surface area (Å²) in [6.45, 7) is 8.10. The summed E-state index contributed by atoms with van der Waals surface area (Å²) in [7, 11) is 0. The van der Waals surface area contributed by atoms with Crippen molar-refractivity contribution in [3.05, 3.63) is 24.3 Å². The van der Waals surface area contributed by atoms with Gasteiger partial charge in [0.15, 0.2) is 5.78 Å². The minimum Gasteiger partial charge on any atom is -0.458 e. The maximum Gasteiger partial charge on any atom is 0.334 e. The molecule has 4 rings (SSSR count). The van der Waals surface area contributed by atoms with E-state index >= 15 is 0 Å². The molecule has 18 heavy (non-hydrogen) atoms. The fourth-order valence-corrected chi connectivity index (χ4v) is 5.09. The first-order chi connectivity index (χ1) is 8.37. The van der Waals surface area contributed by atoms with E-state index in [-0.39, 0.29) is 40.0 Å². The summed E-state index contributed by atoms with van der Waals surface area (Å²) in [5.41, 5.74) is 0.211. The van der Waals surface area contributed by atoms with Crippen LogP contribution in [0.15, 0.2) is 24.3 Å². The Morgan fingerprint density at radius 1 is 1.33 bits per heavy atom. The quantitative estimate of drug-likeness (QED) is 0.483. The molecule has 0 radical (unpaired) electrons. The van der Waals surface area contributed by atoms with Crippen LogP contribution >= 0.6 is 0 Å². The molecule has 3 aliphatic carbocycles. The number of ketones is 1. The fraction of sp³-hybridized carbons (Fsp3) is 0.600. The Balaban J connectivity index is 1.81. The lowest BCUT2D eigenvalue weighted by atomic mass is 9.72. The van der Waals surface area contributed by atoms with Crippen LogP contribution in [0.3, 0.4) is 0 Å². The molecule has 1 heterocycles. The van der Waals surface area contributed by atoms with Gasteiger partial charge in [-0.15, -0.1) is 0 Å². The normalized spacial score (nSPS) is 56.0. The van der Waals surface area contributed by atoms with Crippen LogP contribution in [0.25, 0.3) is 0 Å². The minimum absolute atomic E-state index is 0.0437. The predicted molar refractivity (Wildman–Crippen MR) is 64.5 cm³/mol. The summed E-state index contributed by atoms with van der Waals surface area (Å²) in [5, 5.41) is 0. The molecule has 4 aliphatic rings. The van der Waals surface area contributed by atoms with Gasteiger partial charge in [-0.3, -0.25) is 4.79 Å². The van der Waals surface area contributed by atoms with E-state index in [1.54, 1.807) is 6.08 Å². The third kappa shape index (κ3) is 0.714. The lowest BCUT2D eigenvalue weighted by Crippen LogP contribution is -2.31. The van der Waals surface area contributed by atoms with Crippen molar-refractivity contribution in [1.29, 1.82) is 0 Å². The molecule has 5 atom stereocenters. The molecule has 2 saturated carbocycles. The molecule has 0 aromatic rings. The Morgan fingerprint density at radius 2 is 2.06 bits per heavy atom. The average molecular weight is 244 g/mol. The summed E-state index contributed by atoms with van der Waals surface area (Å²) in [4.78, 5) is 23.7. The zero-order chi connectivity index (χ0) is 12.9. The molecular formula is C15H16O3. The highest BCUT2D eigenvalue weighted by Gasteiger charge is 2.87. The third-order valence-electron chi connectivity index (χ3n) is 6.50. The minimum atomic E-state index is -0.281. The van der Waals surface area contributed by atoms with E-state index in [9.17, 15) is 9.59 Å². The van der Waals surface area contributed by atoms with E-state index in [2.05, 4.69) is 26.5 Å². The Kier molecular flexibility index (Phi) is 1.46. The fourth-order valence-electron chi connectivity index (χ4n) is 5.09. The van der Waals surface area contributed by atoms with Crippen LogP contribution in [0.4, 0.5) is 0 Å². The van der Waals surface area contributed by atoms with Crippen LogP contribution in [0.5, 0.6) is 0 Å². The number of rotatable bonds is 0. The van der Waals surface area contributed by atoms with Gasteiger partial charge in [0.1, 0.15) is 6.10 Å². The van der Waals surface area contributed by atoms with E-state index in [1.165, 1.54) is 0 Å². The van der Waals surface area contributed by atoms with Gasteiger partial charge in [0.25, 0.3) is 0 Å². The predicted octanol–water partition coefficient (Wildman–Crippen LogP) is 2.03. The van der Waals surface area contributed by atoms with E-state index in [0.29, 0.717) is 5.57 Å². The molecule has 0 amide bonds. The highest BCUT2D eigenvalue weighted by molar-refractivity contribution is 6.04. The molecule has 1 saturated heterocycles. The first kappa shape index (κ1) is 10.5. The maximum absolute atomic E-state index is 12.2. The molecule has 0 aromatic heterocycles. The van der Waals surface area contributed by atoms with E-state index in [4.69, 9.17) is 4.74 Å². The van der Waals surface area contributed by atoms with Crippen molar-refractivity contribution in [3.8, 4) is 0 Å². The molecule has 0 N–H and O–H groups in total. The van der Waals surface area contributed by atoms with Crippen LogP contribution in [0.1, 0.15) is 26.7 Å². The molecule has 0 aromatic carbocycles. The first-order valence-electron chi connectivity index (χ1n) is 6.51. The highest BCUT2D eigenvalue weighted by atomic mass is 16.6. The molecular weight excluding hydrogens is 228 g/mol. The van der Waals surface area contributed by atoms with Crippen molar-refractivity contribution in [2.24, 2.45) is 22.2 Å². The molecule has 1 aliphatic heterocycles. The van der Waals surface area contributed by atoms with Crippen LogP contribution in [-0.2, 0) is 14.3 Å². The number of carbonyl (C=O) groups excluding carboxylic acids is 2. The molecule has 3 nitrogen and oxygen atoms in total. The monoisotopic (exact) mass is 244 g/mol. The van der Waals surface area contributed by atoms with E-state index in [1.807, 2.05) is 0 Å². The van der Waals surface area contributed by atoms with Crippen molar-refractivity contribution >= 4 is 11.8 Å². The summed E-state index contributed by atoms with van der Waals surface area (Å²) in [6, 6.07) is 0. The largest absolute Gasteiger partial charge is 0.458 e. The van der Waals surface area contributed by atoms with Gasteiger partial charge in [-0.25, -0.2) is 4.79 Å². The lowest BCUT2D eigenvalue weighted by molar-refractivity contribution is -0.140. The lowest BCUT2D eigenvalue weighted by Gasteiger charge is -2.32. The van der Waals surface area contributed by atoms with Crippen LogP contribution in [0.2, 0.25) is 0 Å². The second kappa shape index (κ2) is 2.49. The number of hydrogen-bond donors (Lipinski definition) is 0. The summed E-state index contributed by atoms with van der Waals surface area (Å²) in [5.74, 6) is 0.0890. The van der Waals surface area contributed by atoms with Gasteiger partial charge in [-0.1, -0.05) is 26.5 Å². The zero-order valence-corrected chi connectivity index (χ0v) is 10.7. The number of carbonyl (C=O) groups is 2. The van der Waals surface area contributed by atoms with Gasteiger partial charge in [0, 0.05) is 22.3 Å². The second-order valence-electron chi connectivity index (χ2n) is 6.61. The second-order valence-corrected chi connectivity index (χ2v) is 6.61. The molecule has 94 valence electrons. The van der Waals surface area contributed by atoms with Gasteiger partial charge < -0.3 is 4.74 Å². The number of esters is 1. The van der Waals surface area contributed by atoms with Crippen molar-refractivity contribution in [2.75, 3.05) is 0 Å². The molecule has 1 spiro atoms. The van der Waals surface area contributed by atoms with Crippen LogP contribution in [0, 0.1) is 22.2 Å². The first-order valence-corrected chi connectivity index (χ1v) is 6.51. The number of hydrogen-bond acceptors (Lipinski definition) is 3. The van der Waals surface area contributed by atoms with E-state index in [0.717, 1.165) is 12.8 Å². The Hall–Kier alpha value is -1.38. The molecule has 0 bridgehead atoms. The van der Waals surface area contributed by atoms with Gasteiger partial charge >= 0.3 is 5.97 Å². The van der Waals surface area contributed by atoms with Crippen molar-refractivity contribution in [1.82, 2.24) is 0 Å². The average Bonchev–Trinajstić information content (AvgIpc) is 2.53. The van der Waals surface area contributed by atoms with Gasteiger partial charge in [-0.2, -0.15) is 0 Å². The number of ether oxygens (including phenoxy) is 1. The maximum atomic E-state index is 12.2. The van der Waals surface area contributed by atoms with Crippen molar-refractivity contribution in [3.63, 3.8) is 0 Å². The number of allylic oxidation sites excluding steroid dienone is 2. The van der Waals surface area contributed by atoms with Crippen LogP contribution < -0.4 is 0 Å². The van der Waals surface area contributed by atoms with E-state index < -0.39 is 0 Å². The number of fused-ring (bicyclic) bond motifs is 2. The topological polar surface area (TPSA) is 43.4 Å². The smallest absolute Gasteiger partial charge is 0.334 e. The Bertz CT molecular complexity index is 560. The van der Waals surface area contributed by atoms with Crippen molar-refractivity contribution < 1.29 is 14.3 Å². The molecule has 5 unspecified atom stereocenters. The zero-order valence-electron chi connectivity index (χ0n) is 10.7.